The van der Waals surface area contributed by atoms with Crippen molar-refractivity contribution in [3.05, 3.63) is 12.7 Å². The Bertz CT molecular complexity index is 134. The van der Waals surface area contributed by atoms with Crippen molar-refractivity contribution < 1.29 is 0 Å². The highest BCUT2D eigenvalue weighted by atomic mass is 15.1. The number of rotatable bonds is 11. The Balaban J connectivity index is 3.01. The first kappa shape index (κ1) is 14.7. The van der Waals surface area contributed by atoms with E-state index in [9.17, 15) is 0 Å². The highest BCUT2D eigenvalue weighted by molar-refractivity contribution is 4.70. The smallest absolute Gasteiger partial charge is 0.0157 e. The fourth-order valence-corrected chi connectivity index (χ4v) is 1.60. The predicted octanol–water partition coefficient (Wildman–Crippen LogP) is 2.66. The number of nitrogens with zero attached hydrogens (tertiary/aromatic N) is 1. The SMILES string of the molecule is C=CCN(C)CCCCCCNCCC. The van der Waals surface area contributed by atoms with Crippen molar-refractivity contribution in [2.45, 2.75) is 39.0 Å². The Hall–Kier alpha value is -0.340. The first-order valence-electron chi connectivity index (χ1n) is 6.31. The van der Waals surface area contributed by atoms with E-state index in [1.165, 1.54) is 51.7 Å². The quantitative estimate of drug-likeness (QED) is 0.418. The van der Waals surface area contributed by atoms with Gasteiger partial charge in [-0.25, -0.2) is 0 Å². The van der Waals surface area contributed by atoms with Crippen LogP contribution in [0.4, 0.5) is 0 Å². The summed E-state index contributed by atoms with van der Waals surface area (Å²) in [4.78, 5) is 2.32. The van der Waals surface area contributed by atoms with Crippen LogP contribution in [0.15, 0.2) is 12.7 Å². The topological polar surface area (TPSA) is 15.3 Å². The van der Waals surface area contributed by atoms with Gasteiger partial charge in [-0.1, -0.05) is 25.8 Å². The Kier molecular flexibility index (Phi) is 11.5. The number of hydrogen-bond acceptors (Lipinski definition) is 2. The zero-order valence-corrected chi connectivity index (χ0v) is 10.6. The molecule has 0 aromatic rings. The van der Waals surface area contributed by atoms with E-state index in [-0.39, 0.29) is 0 Å². The molecule has 2 heteroatoms. The Morgan fingerprint density at radius 1 is 1.13 bits per heavy atom. The van der Waals surface area contributed by atoms with Gasteiger partial charge in [0.25, 0.3) is 0 Å². The molecule has 0 aromatic carbocycles. The van der Waals surface area contributed by atoms with Gasteiger partial charge in [0.15, 0.2) is 0 Å². The third-order valence-corrected chi connectivity index (χ3v) is 2.51. The van der Waals surface area contributed by atoms with Crippen LogP contribution in [0.25, 0.3) is 0 Å². The second-order valence-corrected chi connectivity index (χ2v) is 4.22. The predicted molar refractivity (Wildman–Crippen MR) is 69.3 cm³/mol. The third-order valence-electron chi connectivity index (χ3n) is 2.51. The maximum atomic E-state index is 3.74. The fraction of sp³-hybridized carbons (Fsp3) is 0.846. The Morgan fingerprint density at radius 3 is 2.53 bits per heavy atom. The van der Waals surface area contributed by atoms with E-state index < -0.39 is 0 Å². The normalized spacial score (nSPS) is 10.9. The van der Waals surface area contributed by atoms with E-state index in [0.717, 1.165) is 6.54 Å². The molecule has 0 aliphatic carbocycles. The zero-order valence-electron chi connectivity index (χ0n) is 10.6. The van der Waals surface area contributed by atoms with E-state index in [1.54, 1.807) is 0 Å². The first-order chi connectivity index (χ1) is 7.31. The zero-order chi connectivity index (χ0) is 11.4. The lowest BCUT2D eigenvalue weighted by atomic mass is 10.2. The van der Waals surface area contributed by atoms with Gasteiger partial charge in [-0.05, 0) is 45.9 Å². The minimum Gasteiger partial charge on any atom is -0.317 e. The molecule has 0 radical (unpaired) electrons. The van der Waals surface area contributed by atoms with E-state index in [4.69, 9.17) is 0 Å². The summed E-state index contributed by atoms with van der Waals surface area (Å²) < 4.78 is 0. The van der Waals surface area contributed by atoms with Gasteiger partial charge < -0.3 is 10.2 Å². The molecule has 90 valence electrons. The van der Waals surface area contributed by atoms with E-state index in [2.05, 4.69) is 30.8 Å². The molecule has 0 heterocycles. The van der Waals surface area contributed by atoms with Crippen LogP contribution in [-0.2, 0) is 0 Å². The lowest BCUT2D eigenvalue weighted by Gasteiger charge is -2.13. The molecule has 1 N–H and O–H groups in total. The standard InChI is InChI=1S/C13H28N2/c1-4-10-14-11-8-6-7-9-13-15(3)12-5-2/h5,14H,2,4,6-13H2,1,3H3. The molecule has 0 rings (SSSR count). The average Bonchev–Trinajstić information content (AvgIpc) is 2.22. The summed E-state index contributed by atoms with van der Waals surface area (Å²) in [6.45, 7) is 10.5. The molecule has 0 spiro atoms. The van der Waals surface area contributed by atoms with Crippen LogP contribution in [0.5, 0.6) is 0 Å². The van der Waals surface area contributed by atoms with Gasteiger partial charge in [-0.2, -0.15) is 0 Å². The summed E-state index contributed by atoms with van der Waals surface area (Å²) in [5.41, 5.74) is 0. The van der Waals surface area contributed by atoms with Crippen molar-refractivity contribution in [2.75, 3.05) is 33.2 Å². The minimum absolute atomic E-state index is 1.01. The molecular weight excluding hydrogens is 184 g/mol. The molecule has 0 aliphatic rings. The highest BCUT2D eigenvalue weighted by Crippen LogP contribution is 2.00. The molecule has 0 bridgehead atoms. The summed E-state index contributed by atoms with van der Waals surface area (Å²) in [5, 5.41) is 3.43. The van der Waals surface area contributed by atoms with Crippen LogP contribution in [0, 0.1) is 0 Å². The fourth-order valence-electron chi connectivity index (χ4n) is 1.60. The van der Waals surface area contributed by atoms with Gasteiger partial charge in [0.1, 0.15) is 0 Å². The summed E-state index contributed by atoms with van der Waals surface area (Å²) in [6, 6.07) is 0. The van der Waals surface area contributed by atoms with Crippen molar-refractivity contribution in [3.8, 4) is 0 Å². The van der Waals surface area contributed by atoms with Crippen molar-refractivity contribution in [1.29, 1.82) is 0 Å². The van der Waals surface area contributed by atoms with Gasteiger partial charge >= 0.3 is 0 Å². The monoisotopic (exact) mass is 212 g/mol. The molecule has 2 nitrogen and oxygen atoms in total. The maximum Gasteiger partial charge on any atom is 0.0157 e. The molecule has 0 atom stereocenters. The van der Waals surface area contributed by atoms with Gasteiger partial charge in [-0.3, -0.25) is 0 Å². The number of nitrogens with one attached hydrogen (secondary N) is 1. The van der Waals surface area contributed by atoms with Crippen LogP contribution in [0.2, 0.25) is 0 Å². The molecule has 0 aromatic heterocycles. The second-order valence-electron chi connectivity index (χ2n) is 4.22. The largest absolute Gasteiger partial charge is 0.317 e. The minimum atomic E-state index is 1.01. The summed E-state index contributed by atoms with van der Waals surface area (Å²) >= 11 is 0. The average molecular weight is 212 g/mol. The molecule has 0 unspecified atom stereocenters. The van der Waals surface area contributed by atoms with Gasteiger partial charge in [-0.15, -0.1) is 6.58 Å². The van der Waals surface area contributed by atoms with Crippen LogP contribution in [0.1, 0.15) is 39.0 Å². The Morgan fingerprint density at radius 2 is 1.87 bits per heavy atom. The number of hydrogen-bond donors (Lipinski definition) is 1. The van der Waals surface area contributed by atoms with Crippen molar-refractivity contribution >= 4 is 0 Å². The first-order valence-corrected chi connectivity index (χ1v) is 6.31. The van der Waals surface area contributed by atoms with Crippen molar-refractivity contribution in [1.82, 2.24) is 10.2 Å². The lowest BCUT2D eigenvalue weighted by molar-refractivity contribution is 0.356. The molecule has 0 saturated carbocycles. The highest BCUT2D eigenvalue weighted by Gasteiger charge is 1.95. The van der Waals surface area contributed by atoms with Gasteiger partial charge in [0.2, 0.25) is 0 Å². The van der Waals surface area contributed by atoms with Crippen LogP contribution in [-0.4, -0.2) is 38.1 Å². The van der Waals surface area contributed by atoms with Gasteiger partial charge in [0, 0.05) is 6.54 Å². The van der Waals surface area contributed by atoms with Crippen molar-refractivity contribution in [2.24, 2.45) is 0 Å². The number of likely N-dealkylation sites (N-methyl/N-ethyl adjacent to an activating group) is 1. The summed E-state index contributed by atoms with van der Waals surface area (Å²) in [7, 11) is 2.16. The van der Waals surface area contributed by atoms with E-state index in [1.807, 2.05) is 6.08 Å². The molecule has 0 fully saturated rings. The van der Waals surface area contributed by atoms with Crippen LogP contribution >= 0.6 is 0 Å². The van der Waals surface area contributed by atoms with E-state index >= 15 is 0 Å². The number of unbranched alkanes of at least 4 members (excludes halogenated alkanes) is 3. The van der Waals surface area contributed by atoms with E-state index in [0.29, 0.717) is 0 Å². The molecule has 0 aliphatic heterocycles. The summed E-state index contributed by atoms with van der Waals surface area (Å²) in [6.07, 6.45) is 8.57. The lowest BCUT2D eigenvalue weighted by Crippen LogP contribution is -2.19. The van der Waals surface area contributed by atoms with Crippen LogP contribution < -0.4 is 5.32 Å². The molecule has 15 heavy (non-hydrogen) atoms. The molecule has 0 saturated heterocycles. The molecular formula is C13H28N2. The summed E-state index contributed by atoms with van der Waals surface area (Å²) in [5.74, 6) is 0. The second kappa shape index (κ2) is 11.7. The molecule has 0 amide bonds. The van der Waals surface area contributed by atoms with Gasteiger partial charge in [0.05, 0.1) is 0 Å². The Labute approximate surface area is 95.7 Å². The van der Waals surface area contributed by atoms with Crippen molar-refractivity contribution in [3.63, 3.8) is 0 Å². The third kappa shape index (κ3) is 11.6. The maximum absolute atomic E-state index is 3.74. The van der Waals surface area contributed by atoms with Crippen LogP contribution in [0.3, 0.4) is 0 Å².